The first kappa shape index (κ1) is 17.1. The van der Waals surface area contributed by atoms with E-state index in [9.17, 15) is 8.78 Å². The largest absolute Gasteiger partial charge is 0.319 e. The number of hydrogen-bond acceptors (Lipinski definition) is 5. The molecule has 3 heterocycles. The van der Waals surface area contributed by atoms with Crippen LogP contribution in [0.15, 0.2) is 53.8 Å². The third-order valence-electron chi connectivity index (χ3n) is 3.83. The summed E-state index contributed by atoms with van der Waals surface area (Å²) < 4.78 is 26.8. The fraction of sp³-hybridized carbons (Fsp3) is 0.167. The second-order valence-electron chi connectivity index (χ2n) is 5.59. The number of rotatable bonds is 5. The fourth-order valence-electron chi connectivity index (χ4n) is 2.62. The van der Waals surface area contributed by atoms with Gasteiger partial charge in [-0.05, 0) is 18.6 Å². The molecule has 0 N–H and O–H groups in total. The highest BCUT2D eigenvalue weighted by Crippen LogP contribution is 2.37. The summed E-state index contributed by atoms with van der Waals surface area (Å²) in [6.07, 6.45) is 2.68. The lowest BCUT2D eigenvalue weighted by Crippen LogP contribution is -2.02. The maximum atomic E-state index is 13.0. The van der Waals surface area contributed by atoms with Crippen LogP contribution in [-0.2, 0) is 5.75 Å². The van der Waals surface area contributed by atoms with Crippen LogP contribution in [0.3, 0.4) is 0 Å². The predicted octanol–water partition coefficient (Wildman–Crippen LogP) is 5.55. The van der Waals surface area contributed by atoms with Crippen LogP contribution in [0, 0.1) is 6.92 Å². The molecule has 0 aliphatic heterocycles. The molecule has 0 aliphatic rings. The number of alkyl halides is 2. The highest BCUT2D eigenvalue weighted by molar-refractivity contribution is 7.98. The van der Waals surface area contributed by atoms with E-state index in [0.29, 0.717) is 17.4 Å². The smallest absolute Gasteiger partial charge is 0.277 e. The van der Waals surface area contributed by atoms with Gasteiger partial charge in [-0.15, -0.1) is 11.3 Å². The lowest BCUT2D eigenvalue weighted by atomic mass is 10.2. The van der Waals surface area contributed by atoms with Crippen LogP contribution in [0.4, 0.5) is 8.78 Å². The van der Waals surface area contributed by atoms with E-state index in [1.165, 1.54) is 24.2 Å². The molecule has 8 heteroatoms. The zero-order chi connectivity index (χ0) is 18.1. The van der Waals surface area contributed by atoms with Gasteiger partial charge >= 0.3 is 6.55 Å². The van der Waals surface area contributed by atoms with E-state index in [2.05, 4.69) is 33.2 Å². The summed E-state index contributed by atoms with van der Waals surface area (Å²) in [6.45, 7) is -0.753. The third kappa shape index (κ3) is 3.34. The van der Waals surface area contributed by atoms with Crippen molar-refractivity contribution in [3.8, 4) is 10.4 Å². The Morgan fingerprint density at radius 2 is 2.00 bits per heavy atom. The van der Waals surface area contributed by atoms with Crippen LogP contribution in [0.1, 0.15) is 18.2 Å². The zero-order valence-electron chi connectivity index (χ0n) is 13.8. The van der Waals surface area contributed by atoms with Crippen molar-refractivity contribution < 1.29 is 8.78 Å². The molecule has 0 spiro atoms. The summed E-state index contributed by atoms with van der Waals surface area (Å²) in [5.74, 6) is 1.31. The van der Waals surface area contributed by atoms with Crippen molar-refractivity contribution in [2.75, 3.05) is 0 Å². The Hall–Kier alpha value is -2.32. The molecule has 0 unspecified atom stereocenters. The summed E-state index contributed by atoms with van der Waals surface area (Å²) in [5, 5.41) is 1.73. The first-order valence-electron chi connectivity index (χ1n) is 7.88. The van der Waals surface area contributed by atoms with E-state index >= 15 is 0 Å². The van der Waals surface area contributed by atoms with Gasteiger partial charge in [-0.2, -0.15) is 8.78 Å². The number of aryl methyl sites for hydroxylation is 1. The maximum Gasteiger partial charge on any atom is 0.319 e. The number of thiophene rings is 1. The van der Waals surface area contributed by atoms with Crippen molar-refractivity contribution in [2.24, 2.45) is 0 Å². The zero-order valence-corrected chi connectivity index (χ0v) is 15.4. The van der Waals surface area contributed by atoms with E-state index < -0.39 is 6.55 Å². The van der Waals surface area contributed by atoms with Gasteiger partial charge < -0.3 is 0 Å². The summed E-state index contributed by atoms with van der Waals surface area (Å²) in [5.41, 5.74) is 1.12. The molecule has 0 bridgehead atoms. The number of fused-ring (bicyclic) bond motifs is 1. The van der Waals surface area contributed by atoms with Gasteiger partial charge in [-0.25, -0.2) is 15.0 Å². The van der Waals surface area contributed by atoms with Gasteiger partial charge in [0.15, 0.2) is 0 Å². The number of hydrogen-bond donors (Lipinski definition) is 0. The van der Waals surface area contributed by atoms with Gasteiger partial charge in [0.2, 0.25) is 0 Å². The predicted molar refractivity (Wildman–Crippen MR) is 101 cm³/mol. The van der Waals surface area contributed by atoms with E-state index in [-0.39, 0.29) is 0 Å². The molecule has 132 valence electrons. The Kier molecular flexibility index (Phi) is 4.69. The molecule has 0 amide bonds. The van der Waals surface area contributed by atoms with Crippen LogP contribution in [0.25, 0.3) is 20.7 Å². The van der Waals surface area contributed by atoms with Gasteiger partial charge in [0, 0.05) is 22.7 Å². The maximum absolute atomic E-state index is 13.0. The molecule has 1 aromatic carbocycles. The lowest BCUT2D eigenvalue weighted by molar-refractivity contribution is 0.0678. The first-order chi connectivity index (χ1) is 12.6. The quantitative estimate of drug-likeness (QED) is 0.332. The summed E-state index contributed by atoms with van der Waals surface area (Å²) in [4.78, 5) is 15.1. The van der Waals surface area contributed by atoms with Crippen LogP contribution in [0.2, 0.25) is 0 Å². The van der Waals surface area contributed by atoms with Crippen molar-refractivity contribution >= 4 is 33.3 Å². The average molecular weight is 388 g/mol. The van der Waals surface area contributed by atoms with Crippen molar-refractivity contribution in [2.45, 2.75) is 24.3 Å². The Morgan fingerprint density at radius 1 is 1.19 bits per heavy atom. The lowest BCUT2D eigenvalue weighted by Gasteiger charge is -2.06. The molecule has 0 radical (unpaired) electrons. The van der Waals surface area contributed by atoms with Gasteiger partial charge in [-0.3, -0.25) is 4.57 Å². The molecule has 4 aromatic rings. The molecular formula is C18H14F2N4S2. The van der Waals surface area contributed by atoms with E-state index in [0.717, 1.165) is 30.3 Å². The van der Waals surface area contributed by atoms with Crippen molar-refractivity contribution in [1.82, 2.24) is 19.5 Å². The first-order valence-corrected chi connectivity index (χ1v) is 9.68. The number of benzene rings is 1. The SMILES string of the molecule is Cc1nc(SCc2nccn2C(F)F)c2cc(-c3ccccc3)sc2n1. The van der Waals surface area contributed by atoms with E-state index in [4.69, 9.17) is 0 Å². The second kappa shape index (κ2) is 7.13. The van der Waals surface area contributed by atoms with Crippen molar-refractivity contribution in [3.63, 3.8) is 0 Å². The number of nitrogens with zero attached hydrogens (tertiary/aromatic N) is 4. The highest BCUT2D eigenvalue weighted by Gasteiger charge is 2.15. The third-order valence-corrected chi connectivity index (χ3v) is 5.89. The second-order valence-corrected chi connectivity index (χ2v) is 7.58. The summed E-state index contributed by atoms with van der Waals surface area (Å²) in [7, 11) is 0. The molecule has 4 nitrogen and oxygen atoms in total. The van der Waals surface area contributed by atoms with Crippen molar-refractivity contribution in [1.29, 1.82) is 0 Å². The minimum Gasteiger partial charge on any atom is -0.277 e. The van der Waals surface area contributed by atoms with E-state index in [1.807, 2.05) is 25.1 Å². The highest BCUT2D eigenvalue weighted by atomic mass is 32.2. The molecule has 26 heavy (non-hydrogen) atoms. The van der Waals surface area contributed by atoms with Gasteiger partial charge in [0.1, 0.15) is 21.5 Å². The fourth-order valence-corrected chi connectivity index (χ4v) is 4.76. The normalized spacial score (nSPS) is 11.5. The molecule has 3 aromatic heterocycles. The molecule has 0 saturated heterocycles. The molecule has 0 fully saturated rings. The number of aromatic nitrogens is 4. The minimum absolute atomic E-state index is 0.319. The van der Waals surface area contributed by atoms with Crippen LogP contribution in [-0.4, -0.2) is 19.5 Å². The molecule has 0 saturated carbocycles. The average Bonchev–Trinajstić information content (AvgIpc) is 3.27. The Bertz CT molecular complexity index is 1040. The Labute approximate surface area is 156 Å². The summed E-state index contributed by atoms with van der Waals surface area (Å²) in [6, 6.07) is 12.1. The molecule has 0 aliphatic carbocycles. The van der Waals surface area contributed by atoms with Crippen LogP contribution >= 0.6 is 23.1 Å². The number of thioether (sulfide) groups is 1. The number of halogens is 2. The standard InChI is InChI=1S/C18H14F2N4S2/c1-11-22-16(25-10-15-21-7-8-24(15)18(19)20)13-9-14(26-17(13)23-11)12-5-3-2-4-6-12/h2-9,18H,10H2,1H3. The minimum atomic E-state index is -2.59. The van der Waals surface area contributed by atoms with Gasteiger partial charge in [0.25, 0.3) is 0 Å². The molecular weight excluding hydrogens is 374 g/mol. The van der Waals surface area contributed by atoms with Crippen LogP contribution < -0.4 is 0 Å². The van der Waals surface area contributed by atoms with Crippen molar-refractivity contribution in [3.05, 3.63) is 60.4 Å². The topological polar surface area (TPSA) is 43.6 Å². The van der Waals surface area contributed by atoms with Gasteiger partial charge in [0.05, 0.1) is 5.75 Å². The number of imidazole rings is 1. The van der Waals surface area contributed by atoms with E-state index in [1.54, 1.807) is 11.3 Å². The molecule has 4 rings (SSSR count). The monoisotopic (exact) mass is 388 g/mol. The Morgan fingerprint density at radius 3 is 2.77 bits per heavy atom. The van der Waals surface area contributed by atoms with Gasteiger partial charge in [-0.1, -0.05) is 42.1 Å². The Balaban J connectivity index is 1.68. The molecule has 0 atom stereocenters. The van der Waals surface area contributed by atoms with Crippen LogP contribution in [0.5, 0.6) is 0 Å². The summed E-state index contributed by atoms with van der Waals surface area (Å²) >= 11 is 3.01.